The zero-order chi connectivity index (χ0) is 15.3. The summed E-state index contributed by atoms with van der Waals surface area (Å²) in [6.07, 6.45) is 2.97. The molecule has 0 aromatic carbocycles. The van der Waals surface area contributed by atoms with Gasteiger partial charge in [-0.1, -0.05) is 0 Å². The highest BCUT2D eigenvalue weighted by Gasteiger charge is 2.57. The summed E-state index contributed by atoms with van der Waals surface area (Å²) in [5.41, 5.74) is -1.90. The highest BCUT2D eigenvalue weighted by Crippen LogP contribution is 2.43. The first-order chi connectivity index (χ1) is 8.98. The third-order valence-corrected chi connectivity index (χ3v) is 5.30. The highest BCUT2D eigenvalue weighted by atomic mass is 32.2. The molecule has 2 fully saturated rings. The number of piperazine rings is 1. The summed E-state index contributed by atoms with van der Waals surface area (Å²) < 4.78 is 22.7. The van der Waals surface area contributed by atoms with E-state index >= 15 is 0 Å². The molecule has 0 spiro atoms. The van der Waals surface area contributed by atoms with Crippen LogP contribution in [0, 0.1) is 5.92 Å². The fraction of sp³-hybridized carbons (Fsp3) is 0.846. The highest BCUT2D eigenvalue weighted by molar-refractivity contribution is 7.90. The smallest absolute Gasteiger partial charge is 0.249 e. The number of carbonyl (C=O) groups excluding carboxylic acids is 2. The number of hydrogen-bond donors (Lipinski definition) is 1. The van der Waals surface area contributed by atoms with Crippen molar-refractivity contribution in [2.75, 3.05) is 18.6 Å². The lowest BCUT2D eigenvalue weighted by molar-refractivity contribution is -0.160. The van der Waals surface area contributed by atoms with Crippen molar-refractivity contribution in [2.45, 2.75) is 44.7 Å². The molecule has 2 rings (SSSR count). The summed E-state index contributed by atoms with van der Waals surface area (Å²) in [6, 6.07) is 0. The molecule has 1 unspecified atom stereocenters. The van der Waals surface area contributed by atoms with Crippen LogP contribution >= 0.6 is 0 Å². The van der Waals surface area contributed by atoms with Crippen molar-refractivity contribution in [2.24, 2.45) is 5.92 Å². The molecule has 1 saturated heterocycles. The van der Waals surface area contributed by atoms with Crippen LogP contribution < -0.4 is 5.32 Å². The molecule has 1 saturated carbocycles. The lowest BCUT2D eigenvalue weighted by atomic mass is 9.85. The largest absolute Gasteiger partial charge is 0.340 e. The number of nitrogens with one attached hydrogen (secondary N) is 1. The van der Waals surface area contributed by atoms with E-state index in [0.717, 1.165) is 19.1 Å². The molecule has 1 aliphatic heterocycles. The fourth-order valence-electron chi connectivity index (χ4n) is 2.67. The van der Waals surface area contributed by atoms with Crippen molar-refractivity contribution in [1.82, 2.24) is 10.2 Å². The van der Waals surface area contributed by atoms with Gasteiger partial charge in [0.25, 0.3) is 0 Å². The van der Waals surface area contributed by atoms with Crippen LogP contribution in [0.25, 0.3) is 0 Å². The first-order valence-electron chi connectivity index (χ1n) is 6.81. The van der Waals surface area contributed by atoms with Crippen LogP contribution in [0.2, 0.25) is 0 Å². The minimum atomic E-state index is -3.18. The Bertz CT molecular complexity index is 551. The van der Waals surface area contributed by atoms with E-state index in [1.54, 1.807) is 20.8 Å². The van der Waals surface area contributed by atoms with Crippen LogP contribution in [-0.2, 0) is 19.4 Å². The van der Waals surface area contributed by atoms with Gasteiger partial charge in [0, 0.05) is 12.8 Å². The monoisotopic (exact) mass is 302 g/mol. The molecule has 0 bridgehead atoms. The van der Waals surface area contributed by atoms with Crippen LogP contribution in [0.4, 0.5) is 0 Å². The van der Waals surface area contributed by atoms with Crippen molar-refractivity contribution in [3.05, 3.63) is 0 Å². The van der Waals surface area contributed by atoms with Crippen LogP contribution in [0.1, 0.15) is 33.6 Å². The van der Waals surface area contributed by atoms with Gasteiger partial charge in [-0.15, -0.1) is 0 Å². The molecule has 114 valence electrons. The van der Waals surface area contributed by atoms with E-state index in [1.807, 2.05) is 0 Å². The van der Waals surface area contributed by atoms with Gasteiger partial charge in [-0.05, 0) is 39.5 Å². The standard InChI is InChI=1S/C13H22N2O4S/c1-12(2)10(16)14-13(3,9-5-6-9)11(17)15(12)7-8-20(4,18)19/h9H,5-8H2,1-4H3,(H,14,16). The van der Waals surface area contributed by atoms with E-state index in [9.17, 15) is 18.0 Å². The Kier molecular flexibility index (Phi) is 3.40. The Hall–Kier alpha value is -1.11. The Labute approximate surface area is 119 Å². The first-order valence-corrected chi connectivity index (χ1v) is 8.87. The third-order valence-electron chi connectivity index (χ3n) is 4.37. The fourth-order valence-corrected chi connectivity index (χ4v) is 3.19. The average molecular weight is 302 g/mol. The van der Waals surface area contributed by atoms with Gasteiger partial charge < -0.3 is 10.2 Å². The van der Waals surface area contributed by atoms with E-state index in [-0.39, 0.29) is 30.0 Å². The number of amides is 2. The van der Waals surface area contributed by atoms with Gasteiger partial charge in [0.2, 0.25) is 11.8 Å². The van der Waals surface area contributed by atoms with Crippen LogP contribution in [-0.4, -0.2) is 54.8 Å². The first kappa shape index (κ1) is 15.3. The summed E-state index contributed by atoms with van der Waals surface area (Å²) in [7, 11) is -3.18. The zero-order valence-corrected chi connectivity index (χ0v) is 13.2. The second-order valence-electron chi connectivity index (χ2n) is 6.58. The van der Waals surface area contributed by atoms with E-state index in [0.29, 0.717) is 0 Å². The molecule has 20 heavy (non-hydrogen) atoms. The van der Waals surface area contributed by atoms with E-state index in [1.165, 1.54) is 4.90 Å². The zero-order valence-electron chi connectivity index (χ0n) is 12.4. The van der Waals surface area contributed by atoms with Gasteiger partial charge in [-0.3, -0.25) is 9.59 Å². The van der Waals surface area contributed by atoms with Crippen molar-refractivity contribution in [3.63, 3.8) is 0 Å². The molecule has 0 aromatic heterocycles. The Morgan fingerprint density at radius 3 is 2.25 bits per heavy atom. The van der Waals surface area contributed by atoms with Crippen LogP contribution in [0.15, 0.2) is 0 Å². The van der Waals surface area contributed by atoms with Gasteiger partial charge in [0.1, 0.15) is 20.9 Å². The minimum Gasteiger partial charge on any atom is -0.340 e. The van der Waals surface area contributed by atoms with Crippen molar-refractivity contribution in [1.29, 1.82) is 0 Å². The lowest BCUT2D eigenvalue weighted by Gasteiger charge is -2.49. The number of nitrogens with zero attached hydrogens (tertiary/aromatic N) is 1. The summed E-state index contributed by atoms with van der Waals surface area (Å²) in [6.45, 7) is 5.10. The summed E-state index contributed by atoms with van der Waals surface area (Å²) in [5.74, 6) is -0.361. The Morgan fingerprint density at radius 1 is 1.25 bits per heavy atom. The van der Waals surface area contributed by atoms with Gasteiger partial charge >= 0.3 is 0 Å². The topological polar surface area (TPSA) is 83.6 Å². The average Bonchev–Trinajstić information content (AvgIpc) is 3.08. The number of hydrogen-bond acceptors (Lipinski definition) is 4. The second kappa shape index (κ2) is 4.44. The molecule has 1 atom stereocenters. The molecule has 2 amide bonds. The van der Waals surface area contributed by atoms with Gasteiger partial charge in [0.15, 0.2) is 0 Å². The van der Waals surface area contributed by atoms with E-state index in [2.05, 4.69) is 5.32 Å². The van der Waals surface area contributed by atoms with Crippen molar-refractivity contribution >= 4 is 21.7 Å². The third kappa shape index (κ3) is 2.55. The molecular formula is C13H22N2O4S. The minimum absolute atomic E-state index is 0.0559. The van der Waals surface area contributed by atoms with Gasteiger partial charge in [-0.25, -0.2) is 8.42 Å². The SMILES string of the molecule is CC1(C2CC2)NC(=O)C(C)(C)N(CCS(C)(=O)=O)C1=O. The predicted molar refractivity (Wildman–Crippen MR) is 74.8 cm³/mol. The normalized spacial score (nSPS) is 30.3. The molecule has 7 heteroatoms. The maximum atomic E-state index is 12.7. The molecule has 0 aromatic rings. The molecule has 0 radical (unpaired) electrons. The van der Waals surface area contributed by atoms with Crippen LogP contribution in [0.3, 0.4) is 0 Å². The molecule has 1 aliphatic carbocycles. The molecular weight excluding hydrogens is 280 g/mol. The predicted octanol–water partition coefficient (Wildman–Crippen LogP) is -0.0633. The van der Waals surface area contributed by atoms with E-state index < -0.39 is 20.9 Å². The molecule has 2 aliphatic rings. The summed E-state index contributed by atoms with van der Waals surface area (Å²) >= 11 is 0. The quantitative estimate of drug-likeness (QED) is 0.788. The summed E-state index contributed by atoms with van der Waals surface area (Å²) in [5, 5.41) is 2.84. The van der Waals surface area contributed by atoms with Crippen molar-refractivity contribution < 1.29 is 18.0 Å². The maximum Gasteiger partial charge on any atom is 0.249 e. The van der Waals surface area contributed by atoms with Gasteiger partial charge in [-0.2, -0.15) is 0 Å². The second-order valence-corrected chi connectivity index (χ2v) is 8.84. The molecule has 1 N–H and O–H groups in total. The lowest BCUT2D eigenvalue weighted by Crippen LogP contribution is -2.74. The molecule has 6 nitrogen and oxygen atoms in total. The number of sulfone groups is 1. The Balaban J connectivity index is 2.29. The number of carbonyl (C=O) groups is 2. The van der Waals surface area contributed by atoms with E-state index in [4.69, 9.17) is 0 Å². The Morgan fingerprint density at radius 2 is 1.80 bits per heavy atom. The van der Waals surface area contributed by atoms with Crippen molar-refractivity contribution in [3.8, 4) is 0 Å². The molecule has 1 heterocycles. The van der Waals surface area contributed by atoms with Gasteiger partial charge in [0.05, 0.1) is 5.75 Å². The maximum absolute atomic E-state index is 12.7. The summed E-state index contributed by atoms with van der Waals surface area (Å²) in [4.78, 5) is 26.4. The van der Waals surface area contributed by atoms with Crippen LogP contribution in [0.5, 0.6) is 0 Å². The number of rotatable bonds is 4.